The number of nitrogens with zero attached hydrogens (tertiary/aromatic N) is 4. The molecule has 3 aromatic rings. The van der Waals surface area contributed by atoms with Gasteiger partial charge in [-0.25, -0.2) is 0 Å². The van der Waals surface area contributed by atoms with Crippen LogP contribution in [0.5, 0.6) is 0 Å². The summed E-state index contributed by atoms with van der Waals surface area (Å²) in [6.45, 7) is 1.21. The molecular formula is C15H14ClN5O. The highest BCUT2D eigenvalue weighted by molar-refractivity contribution is 6.31. The molecule has 0 bridgehead atoms. The predicted molar refractivity (Wildman–Crippen MR) is 83.9 cm³/mol. The van der Waals surface area contributed by atoms with E-state index in [4.69, 9.17) is 11.6 Å². The Balaban J connectivity index is 1.72. The van der Waals surface area contributed by atoms with E-state index in [0.29, 0.717) is 23.7 Å². The van der Waals surface area contributed by atoms with E-state index in [1.165, 1.54) is 0 Å². The van der Waals surface area contributed by atoms with Gasteiger partial charge in [0.15, 0.2) is 0 Å². The number of aliphatic hydroxyl groups is 1. The van der Waals surface area contributed by atoms with Crippen molar-refractivity contribution in [2.24, 2.45) is 0 Å². The number of hydrogen-bond acceptors (Lipinski definition) is 5. The van der Waals surface area contributed by atoms with E-state index in [-0.39, 0.29) is 0 Å². The fourth-order valence-electron chi connectivity index (χ4n) is 3.02. The molecule has 1 saturated heterocycles. The molecule has 2 aromatic heterocycles. The predicted octanol–water partition coefficient (Wildman–Crippen LogP) is 2.10. The van der Waals surface area contributed by atoms with Crippen molar-refractivity contribution < 1.29 is 5.11 Å². The number of fused-ring (bicyclic) bond motifs is 1. The van der Waals surface area contributed by atoms with Crippen LogP contribution in [0.3, 0.4) is 0 Å². The molecule has 2 N–H and O–H groups in total. The number of anilines is 1. The van der Waals surface area contributed by atoms with Gasteiger partial charge in [0, 0.05) is 35.3 Å². The third kappa shape index (κ3) is 2.12. The Labute approximate surface area is 131 Å². The summed E-state index contributed by atoms with van der Waals surface area (Å²) in [5.74, 6) is 0. The highest BCUT2D eigenvalue weighted by Crippen LogP contribution is 2.36. The molecule has 0 amide bonds. The Morgan fingerprint density at radius 2 is 2.23 bits per heavy atom. The molecule has 1 aliphatic rings. The van der Waals surface area contributed by atoms with Crippen LogP contribution in [-0.2, 0) is 5.60 Å². The van der Waals surface area contributed by atoms with E-state index < -0.39 is 5.60 Å². The number of hydrogen-bond donors (Lipinski definition) is 2. The minimum Gasteiger partial charge on any atom is -0.381 e. The smallest absolute Gasteiger partial charge is 0.129 e. The van der Waals surface area contributed by atoms with Gasteiger partial charge in [0.05, 0.1) is 18.3 Å². The zero-order chi connectivity index (χ0) is 15.2. The van der Waals surface area contributed by atoms with Crippen molar-refractivity contribution in [1.82, 2.24) is 20.4 Å². The molecule has 1 aromatic carbocycles. The first kappa shape index (κ1) is 13.5. The van der Waals surface area contributed by atoms with Crippen molar-refractivity contribution in [2.75, 3.05) is 18.0 Å². The normalized spacial score (nSPS) is 21.6. The Morgan fingerprint density at radius 1 is 1.32 bits per heavy atom. The number of H-pyrrole nitrogens is 1. The second-order valence-electron chi connectivity index (χ2n) is 5.55. The van der Waals surface area contributed by atoms with Crippen LogP contribution >= 0.6 is 11.6 Å². The summed E-state index contributed by atoms with van der Waals surface area (Å²) in [4.78, 5) is 6.50. The van der Waals surface area contributed by atoms with Crippen molar-refractivity contribution in [1.29, 1.82) is 0 Å². The molecule has 1 atom stereocenters. The molecule has 0 unspecified atom stereocenters. The van der Waals surface area contributed by atoms with Gasteiger partial charge in [0.25, 0.3) is 0 Å². The average molecular weight is 316 g/mol. The number of nitrogens with one attached hydrogen (secondary N) is 1. The second kappa shape index (κ2) is 4.93. The fourth-order valence-corrected chi connectivity index (χ4v) is 3.18. The molecule has 1 fully saturated rings. The van der Waals surface area contributed by atoms with Gasteiger partial charge in [0.1, 0.15) is 11.3 Å². The molecule has 7 heteroatoms. The van der Waals surface area contributed by atoms with E-state index in [2.05, 4.69) is 25.3 Å². The van der Waals surface area contributed by atoms with Crippen molar-refractivity contribution in [3.8, 4) is 0 Å². The zero-order valence-corrected chi connectivity index (χ0v) is 12.5. The number of aromatic amines is 1. The molecule has 0 spiro atoms. The number of β-amino-alcohol motifs (C(OH)–C–C–N with tert-alkyl or cyclic N) is 1. The average Bonchev–Trinajstić information content (AvgIpc) is 3.16. The Bertz CT molecular complexity index is 822. The van der Waals surface area contributed by atoms with Gasteiger partial charge >= 0.3 is 0 Å². The largest absolute Gasteiger partial charge is 0.381 e. The molecule has 1 aliphatic heterocycles. The molecular weight excluding hydrogens is 302 g/mol. The van der Waals surface area contributed by atoms with Gasteiger partial charge in [-0.05, 0) is 24.3 Å². The van der Waals surface area contributed by atoms with Crippen LogP contribution in [0.2, 0.25) is 5.02 Å². The number of aromatic nitrogens is 4. The SMILES string of the molecule is O[C@@]1(c2cn[nH]n2)CCN(c2ccnc3cc(Cl)ccc23)C1. The topological polar surface area (TPSA) is 77.9 Å². The minimum atomic E-state index is -0.977. The number of pyridine rings is 1. The summed E-state index contributed by atoms with van der Waals surface area (Å²) < 4.78 is 0. The van der Waals surface area contributed by atoms with Gasteiger partial charge < -0.3 is 10.0 Å². The molecule has 112 valence electrons. The number of halogens is 1. The highest BCUT2D eigenvalue weighted by Gasteiger charge is 2.40. The first-order valence-corrected chi connectivity index (χ1v) is 7.41. The maximum atomic E-state index is 10.8. The van der Waals surface area contributed by atoms with Crippen LogP contribution in [0, 0.1) is 0 Å². The lowest BCUT2D eigenvalue weighted by Crippen LogP contribution is -2.31. The first-order valence-electron chi connectivity index (χ1n) is 7.04. The van der Waals surface area contributed by atoms with Gasteiger partial charge in [-0.2, -0.15) is 15.4 Å². The Hall–Kier alpha value is -2.18. The van der Waals surface area contributed by atoms with Crippen LogP contribution < -0.4 is 4.90 Å². The van der Waals surface area contributed by atoms with E-state index >= 15 is 0 Å². The lowest BCUT2D eigenvalue weighted by molar-refractivity contribution is 0.0560. The molecule has 3 heterocycles. The van der Waals surface area contributed by atoms with E-state index in [9.17, 15) is 5.11 Å². The van der Waals surface area contributed by atoms with Crippen molar-refractivity contribution >= 4 is 28.2 Å². The Morgan fingerprint density at radius 3 is 3.05 bits per heavy atom. The summed E-state index contributed by atoms with van der Waals surface area (Å²) in [5.41, 5.74) is 1.49. The number of benzene rings is 1. The summed E-state index contributed by atoms with van der Waals surface area (Å²) in [5, 5.41) is 22.9. The van der Waals surface area contributed by atoms with Crippen LogP contribution in [0.25, 0.3) is 10.9 Å². The summed E-state index contributed by atoms with van der Waals surface area (Å²) in [6.07, 6.45) is 3.95. The molecule has 22 heavy (non-hydrogen) atoms. The lowest BCUT2D eigenvalue weighted by atomic mass is 10.00. The summed E-state index contributed by atoms with van der Waals surface area (Å²) in [6, 6.07) is 7.63. The molecule has 4 rings (SSSR count). The molecule has 0 saturated carbocycles. The van der Waals surface area contributed by atoms with Crippen molar-refractivity contribution in [3.63, 3.8) is 0 Å². The van der Waals surface area contributed by atoms with Crippen molar-refractivity contribution in [2.45, 2.75) is 12.0 Å². The van der Waals surface area contributed by atoms with Crippen LogP contribution in [0.4, 0.5) is 5.69 Å². The standard InChI is InChI=1S/C15H14ClN5O/c16-10-1-2-11-12(7-10)17-5-3-13(11)21-6-4-15(22,9-21)14-8-18-20-19-14/h1-3,5,7-8,22H,4,6,9H2,(H,18,19,20)/t15-/m0/s1. The summed E-state index contributed by atoms with van der Waals surface area (Å²) in [7, 11) is 0. The third-order valence-corrected chi connectivity index (χ3v) is 4.40. The van der Waals surface area contributed by atoms with E-state index in [0.717, 1.165) is 23.1 Å². The summed E-state index contributed by atoms with van der Waals surface area (Å²) >= 11 is 6.03. The fraction of sp³-hybridized carbons (Fsp3) is 0.267. The van der Waals surface area contributed by atoms with Crippen LogP contribution in [0.15, 0.2) is 36.7 Å². The maximum absolute atomic E-state index is 10.8. The van der Waals surface area contributed by atoms with Crippen LogP contribution in [0.1, 0.15) is 12.1 Å². The van der Waals surface area contributed by atoms with E-state index in [1.54, 1.807) is 12.4 Å². The van der Waals surface area contributed by atoms with Gasteiger partial charge in [-0.1, -0.05) is 11.6 Å². The van der Waals surface area contributed by atoms with E-state index in [1.807, 2.05) is 24.3 Å². The van der Waals surface area contributed by atoms with Crippen LogP contribution in [-0.4, -0.2) is 38.6 Å². The maximum Gasteiger partial charge on any atom is 0.129 e. The third-order valence-electron chi connectivity index (χ3n) is 4.16. The number of rotatable bonds is 2. The molecule has 0 radical (unpaired) electrons. The highest BCUT2D eigenvalue weighted by atomic mass is 35.5. The minimum absolute atomic E-state index is 0.473. The zero-order valence-electron chi connectivity index (χ0n) is 11.7. The van der Waals surface area contributed by atoms with Gasteiger partial charge in [0.2, 0.25) is 0 Å². The second-order valence-corrected chi connectivity index (χ2v) is 5.99. The molecule has 6 nitrogen and oxygen atoms in total. The monoisotopic (exact) mass is 315 g/mol. The lowest BCUT2D eigenvalue weighted by Gasteiger charge is -2.23. The van der Waals surface area contributed by atoms with Gasteiger partial charge in [-0.15, -0.1) is 0 Å². The molecule has 0 aliphatic carbocycles. The first-order chi connectivity index (χ1) is 10.7. The van der Waals surface area contributed by atoms with Crippen molar-refractivity contribution in [3.05, 3.63) is 47.4 Å². The Kier molecular flexibility index (Phi) is 3.02. The quantitative estimate of drug-likeness (QED) is 0.757. The van der Waals surface area contributed by atoms with Gasteiger partial charge in [-0.3, -0.25) is 4.98 Å².